The van der Waals surface area contributed by atoms with Crippen LogP contribution in [-0.4, -0.2) is 23.3 Å². The van der Waals surface area contributed by atoms with Gasteiger partial charge in [0.15, 0.2) is 11.5 Å². The minimum absolute atomic E-state index is 0.0189. The molecule has 7 heteroatoms. The lowest BCUT2D eigenvalue weighted by molar-refractivity contribution is 0.0681. The molecule has 0 amide bonds. The van der Waals surface area contributed by atoms with Crippen LogP contribution in [0.4, 0.5) is 14.5 Å². The quantitative estimate of drug-likeness (QED) is 0.485. The Morgan fingerprint density at radius 2 is 1.87 bits per heavy atom. The minimum Gasteiger partial charge on any atom is -0.451 e. The fourth-order valence-electron chi connectivity index (χ4n) is 3.72. The van der Waals surface area contributed by atoms with Crippen LogP contribution in [0.2, 0.25) is 0 Å². The fourth-order valence-corrected chi connectivity index (χ4v) is 3.72. The average Bonchev–Trinajstić information content (AvgIpc) is 3.31. The molecule has 1 aliphatic rings. The van der Waals surface area contributed by atoms with Crippen molar-refractivity contribution in [1.82, 2.24) is 9.97 Å². The van der Waals surface area contributed by atoms with Gasteiger partial charge in [0.25, 0.3) is 0 Å². The molecule has 2 N–H and O–H groups in total. The van der Waals surface area contributed by atoms with Gasteiger partial charge in [0, 0.05) is 37.2 Å². The van der Waals surface area contributed by atoms with Gasteiger partial charge >= 0.3 is 0 Å². The van der Waals surface area contributed by atoms with Gasteiger partial charge in [-0.05, 0) is 42.0 Å². The Hall–Kier alpha value is -3.61. The summed E-state index contributed by atoms with van der Waals surface area (Å²) in [5, 5.41) is 3.05. The monoisotopic (exact) mass is 407 g/mol. The number of fused-ring (bicyclic) bond motifs is 2. The van der Waals surface area contributed by atoms with Gasteiger partial charge in [-0.2, -0.15) is 0 Å². The molecule has 1 unspecified atom stereocenters. The standard InChI is InChI=1S/C23H19F2N3O2/c1-12-29-21-5-3-4-15(23(21)30-12)13-8-17(24)16(18(25)9-13)11-22-27-19-7-6-14(26-2)10-20(19)28-22/h3-10,12,26H,11H2,1-2H3,(H,27,28). The maximum Gasteiger partial charge on any atom is 0.238 e. The lowest BCUT2D eigenvalue weighted by Crippen LogP contribution is -2.11. The molecule has 1 aromatic heterocycles. The summed E-state index contributed by atoms with van der Waals surface area (Å²) in [5.41, 5.74) is 3.42. The molecule has 1 aliphatic heterocycles. The number of halogens is 2. The van der Waals surface area contributed by atoms with Gasteiger partial charge in [-0.25, -0.2) is 13.8 Å². The van der Waals surface area contributed by atoms with E-state index in [-0.39, 0.29) is 12.0 Å². The molecule has 2 heterocycles. The SMILES string of the molecule is CNc1ccc2nc(Cc3c(F)cc(-c4cccc5c4OC(C)O5)cc3F)[nH]c2c1. The first-order valence-electron chi connectivity index (χ1n) is 9.63. The van der Waals surface area contributed by atoms with Crippen molar-refractivity contribution in [3.05, 3.63) is 71.6 Å². The normalized spacial score (nSPS) is 15.0. The lowest BCUT2D eigenvalue weighted by atomic mass is 10.00. The van der Waals surface area contributed by atoms with Gasteiger partial charge in [0.05, 0.1) is 11.0 Å². The van der Waals surface area contributed by atoms with E-state index in [2.05, 4.69) is 15.3 Å². The molecule has 0 saturated carbocycles. The zero-order valence-electron chi connectivity index (χ0n) is 16.4. The highest BCUT2D eigenvalue weighted by molar-refractivity contribution is 5.79. The number of anilines is 1. The molecule has 0 fully saturated rings. The van der Waals surface area contributed by atoms with E-state index in [4.69, 9.17) is 9.47 Å². The van der Waals surface area contributed by atoms with Gasteiger partial charge < -0.3 is 19.8 Å². The van der Waals surface area contributed by atoms with Gasteiger partial charge in [-0.1, -0.05) is 12.1 Å². The third-order valence-electron chi connectivity index (χ3n) is 5.17. The van der Waals surface area contributed by atoms with Crippen molar-refractivity contribution in [2.75, 3.05) is 12.4 Å². The maximum absolute atomic E-state index is 14.9. The number of imidazole rings is 1. The highest BCUT2D eigenvalue weighted by Gasteiger charge is 2.25. The number of H-pyrrole nitrogens is 1. The summed E-state index contributed by atoms with van der Waals surface area (Å²) < 4.78 is 41.1. The number of aromatic amines is 1. The van der Waals surface area contributed by atoms with Crippen LogP contribution in [0.5, 0.6) is 11.5 Å². The molecule has 3 aromatic carbocycles. The Bertz CT molecular complexity index is 1250. The Labute approximate surface area is 171 Å². The Kier molecular flexibility index (Phi) is 4.31. The van der Waals surface area contributed by atoms with Gasteiger partial charge in [0.1, 0.15) is 17.5 Å². The fraction of sp³-hybridized carbons (Fsp3) is 0.174. The first-order chi connectivity index (χ1) is 14.5. The third-order valence-corrected chi connectivity index (χ3v) is 5.17. The number of nitrogens with one attached hydrogen (secondary N) is 2. The Morgan fingerprint density at radius 3 is 2.63 bits per heavy atom. The number of hydrogen-bond donors (Lipinski definition) is 2. The maximum atomic E-state index is 14.9. The second-order valence-corrected chi connectivity index (χ2v) is 7.20. The first-order valence-corrected chi connectivity index (χ1v) is 9.63. The molecule has 152 valence electrons. The smallest absolute Gasteiger partial charge is 0.238 e. The molecule has 30 heavy (non-hydrogen) atoms. The van der Waals surface area contributed by atoms with Gasteiger partial charge in [-0.3, -0.25) is 0 Å². The molecular formula is C23H19F2N3O2. The number of benzene rings is 3. The van der Waals surface area contributed by atoms with E-state index in [9.17, 15) is 8.78 Å². The van der Waals surface area contributed by atoms with Crippen LogP contribution in [0, 0.1) is 11.6 Å². The predicted molar refractivity (Wildman–Crippen MR) is 111 cm³/mol. The summed E-state index contributed by atoms with van der Waals surface area (Å²) in [6, 6.07) is 13.6. The van der Waals surface area contributed by atoms with Crippen molar-refractivity contribution in [3.63, 3.8) is 0 Å². The van der Waals surface area contributed by atoms with E-state index >= 15 is 0 Å². The van der Waals surface area contributed by atoms with Crippen LogP contribution in [-0.2, 0) is 6.42 Å². The van der Waals surface area contributed by atoms with Crippen LogP contribution in [0.3, 0.4) is 0 Å². The first kappa shape index (κ1) is 18.4. The highest BCUT2D eigenvalue weighted by Crippen LogP contribution is 2.43. The number of rotatable bonds is 4. The largest absolute Gasteiger partial charge is 0.451 e. The van der Waals surface area contributed by atoms with Gasteiger partial charge in [0.2, 0.25) is 6.29 Å². The molecule has 0 spiro atoms. The molecular weight excluding hydrogens is 388 g/mol. The van der Waals surface area contributed by atoms with E-state index < -0.39 is 17.9 Å². The van der Waals surface area contributed by atoms with Crippen LogP contribution >= 0.6 is 0 Å². The molecule has 1 atom stereocenters. The topological polar surface area (TPSA) is 59.2 Å². The number of ether oxygens (including phenoxy) is 2. The van der Waals surface area contributed by atoms with E-state index in [0.29, 0.717) is 28.5 Å². The van der Waals surface area contributed by atoms with Crippen LogP contribution in [0.25, 0.3) is 22.2 Å². The van der Waals surface area contributed by atoms with E-state index in [1.807, 2.05) is 25.2 Å². The highest BCUT2D eigenvalue weighted by atomic mass is 19.1. The van der Waals surface area contributed by atoms with E-state index in [1.54, 1.807) is 25.1 Å². The van der Waals surface area contributed by atoms with Crippen molar-refractivity contribution in [2.45, 2.75) is 19.6 Å². The van der Waals surface area contributed by atoms with Crippen LogP contribution in [0.1, 0.15) is 18.3 Å². The van der Waals surface area contributed by atoms with Crippen LogP contribution in [0.15, 0.2) is 48.5 Å². The molecule has 5 rings (SSSR count). The number of para-hydroxylation sites is 1. The minimum atomic E-state index is -0.633. The molecule has 0 bridgehead atoms. The summed E-state index contributed by atoms with van der Waals surface area (Å²) in [6.45, 7) is 1.76. The summed E-state index contributed by atoms with van der Waals surface area (Å²) in [5.74, 6) is 0.286. The second kappa shape index (κ2) is 7.02. The molecule has 5 nitrogen and oxygen atoms in total. The summed E-state index contributed by atoms with van der Waals surface area (Å²) in [7, 11) is 1.82. The molecule has 0 radical (unpaired) electrons. The molecule has 4 aromatic rings. The third kappa shape index (κ3) is 3.12. The molecule has 0 aliphatic carbocycles. The second-order valence-electron chi connectivity index (χ2n) is 7.20. The Morgan fingerprint density at radius 1 is 1.07 bits per heavy atom. The van der Waals surface area contributed by atoms with Crippen molar-refractivity contribution in [3.8, 4) is 22.6 Å². The van der Waals surface area contributed by atoms with E-state index in [1.165, 1.54) is 12.1 Å². The Balaban J connectivity index is 1.49. The average molecular weight is 407 g/mol. The zero-order valence-corrected chi connectivity index (χ0v) is 16.4. The predicted octanol–water partition coefficient (Wildman–Crippen LogP) is 5.26. The number of nitrogens with zero attached hydrogens (tertiary/aromatic N) is 1. The summed E-state index contributed by atoms with van der Waals surface area (Å²) in [6.07, 6.45) is -0.419. The van der Waals surface area contributed by atoms with Crippen molar-refractivity contribution < 1.29 is 18.3 Å². The zero-order chi connectivity index (χ0) is 20.8. The number of hydrogen-bond acceptors (Lipinski definition) is 4. The van der Waals surface area contributed by atoms with Crippen molar-refractivity contribution in [2.24, 2.45) is 0 Å². The summed E-state index contributed by atoms with van der Waals surface area (Å²) in [4.78, 5) is 7.59. The van der Waals surface area contributed by atoms with Crippen molar-refractivity contribution >= 4 is 16.7 Å². The van der Waals surface area contributed by atoms with Crippen molar-refractivity contribution in [1.29, 1.82) is 0 Å². The van der Waals surface area contributed by atoms with E-state index in [0.717, 1.165) is 16.7 Å². The summed E-state index contributed by atoms with van der Waals surface area (Å²) >= 11 is 0. The van der Waals surface area contributed by atoms with Crippen LogP contribution < -0.4 is 14.8 Å². The lowest BCUT2D eigenvalue weighted by Gasteiger charge is -2.10. The van der Waals surface area contributed by atoms with Gasteiger partial charge in [-0.15, -0.1) is 0 Å². The molecule has 0 saturated heterocycles. The number of aromatic nitrogens is 2.